The van der Waals surface area contributed by atoms with Crippen LogP contribution in [0.4, 0.5) is 0 Å². The van der Waals surface area contributed by atoms with Crippen LogP contribution in [0.3, 0.4) is 0 Å². The Morgan fingerprint density at radius 2 is 1.35 bits per heavy atom. The molecule has 98 valence electrons. The van der Waals surface area contributed by atoms with E-state index in [4.69, 9.17) is 0 Å². The van der Waals surface area contributed by atoms with E-state index in [9.17, 15) is 0 Å². The Labute approximate surface area is 106 Å². The lowest BCUT2D eigenvalue weighted by Gasteiger charge is -2.38. The topological polar surface area (TPSA) is 9.72 Å². The molecular formula is C14H27N3. The van der Waals surface area contributed by atoms with Crippen LogP contribution in [0, 0.1) is 0 Å². The molecule has 0 amide bonds. The molecule has 3 fully saturated rings. The molecule has 2 atom stereocenters. The molecule has 0 aromatic rings. The van der Waals surface area contributed by atoms with Gasteiger partial charge in [-0.25, -0.2) is 0 Å². The Hall–Kier alpha value is -0.120. The summed E-state index contributed by atoms with van der Waals surface area (Å²) >= 11 is 0. The number of piperidine rings is 1. The van der Waals surface area contributed by atoms with E-state index in [1.807, 2.05) is 0 Å². The van der Waals surface area contributed by atoms with Crippen LogP contribution in [0.25, 0.3) is 0 Å². The first-order valence-corrected chi connectivity index (χ1v) is 7.49. The predicted octanol–water partition coefficient (Wildman–Crippen LogP) is 1.25. The van der Waals surface area contributed by atoms with E-state index in [0.29, 0.717) is 0 Å². The number of rotatable bonds is 1. The average molecular weight is 237 g/mol. The van der Waals surface area contributed by atoms with Crippen molar-refractivity contribution in [1.82, 2.24) is 14.7 Å². The van der Waals surface area contributed by atoms with Gasteiger partial charge in [0, 0.05) is 25.2 Å². The second-order valence-electron chi connectivity index (χ2n) is 6.24. The number of hydrogen-bond acceptors (Lipinski definition) is 3. The average Bonchev–Trinajstić information content (AvgIpc) is 2.66. The van der Waals surface area contributed by atoms with E-state index in [1.54, 1.807) is 0 Å². The Kier molecular flexibility index (Phi) is 3.69. The Morgan fingerprint density at radius 3 is 2.18 bits per heavy atom. The lowest BCUT2D eigenvalue weighted by Crippen LogP contribution is -2.49. The number of hydrogen-bond donors (Lipinski definition) is 0. The van der Waals surface area contributed by atoms with Crippen molar-refractivity contribution in [3.63, 3.8) is 0 Å². The third-order valence-electron chi connectivity index (χ3n) is 4.95. The van der Waals surface area contributed by atoms with Gasteiger partial charge in [0.1, 0.15) is 0 Å². The minimum atomic E-state index is 0.842. The van der Waals surface area contributed by atoms with Gasteiger partial charge in [-0.3, -0.25) is 9.80 Å². The van der Waals surface area contributed by atoms with Crippen LogP contribution in [0.15, 0.2) is 0 Å². The van der Waals surface area contributed by atoms with Crippen molar-refractivity contribution < 1.29 is 0 Å². The summed E-state index contributed by atoms with van der Waals surface area (Å²) in [6.07, 6.45) is 7.09. The fourth-order valence-electron chi connectivity index (χ4n) is 4.00. The fourth-order valence-corrected chi connectivity index (χ4v) is 4.00. The van der Waals surface area contributed by atoms with Crippen molar-refractivity contribution in [3.05, 3.63) is 0 Å². The lowest BCUT2D eigenvalue weighted by atomic mass is 10.0. The minimum Gasteiger partial charge on any atom is -0.305 e. The number of nitrogens with zero attached hydrogens (tertiary/aromatic N) is 3. The highest BCUT2D eigenvalue weighted by Gasteiger charge is 2.32. The zero-order valence-corrected chi connectivity index (χ0v) is 11.3. The summed E-state index contributed by atoms with van der Waals surface area (Å²) < 4.78 is 0. The van der Waals surface area contributed by atoms with Gasteiger partial charge in [0.2, 0.25) is 0 Å². The molecule has 0 spiro atoms. The monoisotopic (exact) mass is 237 g/mol. The van der Waals surface area contributed by atoms with Crippen LogP contribution in [-0.2, 0) is 0 Å². The first-order valence-electron chi connectivity index (χ1n) is 7.49. The second kappa shape index (κ2) is 5.25. The number of likely N-dealkylation sites (tertiary alicyclic amines) is 1. The van der Waals surface area contributed by atoms with E-state index in [0.717, 1.165) is 12.1 Å². The standard InChI is InChI=1S/C14H27N3/c1-15-7-2-5-13(11-15)17-10-4-9-16-8-3-6-14(16)12-17/h13-14H,2-12H2,1H3. The van der Waals surface area contributed by atoms with E-state index < -0.39 is 0 Å². The molecule has 0 saturated carbocycles. The van der Waals surface area contributed by atoms with Gasteiger partial charge in [0.25, 0.3) is 0 Å². The highest BCUT2D eigenvalue weighted by Crippen LogP contribution is 2.24. The van der Waals surface area contributed by atoms with Crippen molar-refractivity contribution in [2.24, 2.45) is 0 Å². The van der Waals surface area contributed by atoms with Gasteiger partial charge in [-0.05, 0) is 65.3 Å². The van der Waals surface area contributed by atoms with E-state index in [-0.39, 0.29) is 0 Å². The molecule has 0 bridgehead atoms. The molecule has 0 aromatic carbocycles. The van der Waals surface area contributed by atoms with Crippen LogP contribution in [-0.4, -0.2) is 73.1 Å². The molecule has 0 aliphatic carbocycles. The molecule has 0 N–H and O–H groups in total. The fraction of sp³-hybridized carbons (Fsp3) is 1.00. The van der Waals surface area contributed by atoms with E-state index in [2.05, 4.69) is 21.7 Å². The van der Waals surface area contributed by atoms with Gasteiger partial charge in [0.05, 0.1) is 0 Å². The van der Waals surface area contributed by atoms with Crippen molar-refractivity contribution in [2.75, 3.05) is 46.3 Å². The molecule has 3 rings (SSSR count). The summed E-state index contributed by atoms with van der Waals surface area (Å²) in [7, 11) is 2.28. The van der Waals surface area contributed by atoms with Crippen molar-refractivity contribution in [3.8, 4) is 0 Å². The molecule has 3 heteroatoms. The zero-order chi connectivity index (χ0) is 11.7. The molecule has 3 saturated heterocycles. The summed E-state index contributed by atoms with van der Waals surface area (Å²) in [4.78, 5) is 8.07. The number of likely N-dealkylation sites (N-methyl/N-ethyl adjacent to an activating group) is 1. The van der Waals surface area contributed by atoms with Gasteiger partial charge in [-0.15, -0.1) is 0 Å². The number of fused-ring (bicyclic) bond motifs is 1. The lowest BCUT2D eigenvalue weighted by molar-refractivity contribution is 0.104. The SMILES string of the molecule is CN1CCCC(N2CCCN3CCCC3C2)C1. The first kappa shape index (κ1) is 11.9. The van der Waals surface area contributed by atoms with Crippen molar-refractivity contribution in [2.45, 2.75) is 44.2 Å². The molecular weight excluding hydrogens is 210 g/mol. The Balaban J connectivity index is 1.62. The maximum Gasteiger partial charge on any atom is 0.0224 e. The molecule has 2 unspecified atom stereocenters. The predicted molar refractivity (Wildman–Crippen MR) is 71.3 cm³/mol. The first-order chi connectivity index (χ1) is 8.33. The highest BCUT2D eigenvalue weighted by molar-refractivity contribution is 4.89. The van der Waals surface area contributed by atoms with Crippen LogP contribution >= 0.6 is 0 Å². The maximum atomic E-state index is 2.81. The van der Waals surface area contributed by atoms with E-state index in [1.165, 1.54) is 71.4 Å². The van der Waals surface area contributed by atoms with Crippen molar-refractivity contribution >= 4 is 0 Å². The summed E-state index contributed by atoms with van der Waals surface area (Å²) in [6, 6.07) is 1.72. The van der Waals surface area contributed by atoms with E-state index >= 15 is 0 Å². The van der Waals surface area contributed by atoms with Crippen LogP contribution in [0.5, 0.6) is 0 Å². The van der Waals surface area contributed by atoms with Gasteiger partial charge in [0.15, 0.2) is 0 Å². The summed E-state index contributed by atoms with van der Waals surface area (Å²) in [5, 5.41) is 0. The summed E-state index contributed by atoms with van der Waals surface area (Å²) in [6.45, 7) is 8.00. The maximum absolute atomic E-state index is 2.81. The molecule has 0 aromatic heterocycles. The molecule has 0 radical (unpaired) electrons. The van der Waals surface area contributed by atoms with Crippen molar-refractivity contribution in [1.29, 1.82) is 0 Å². The molecule has 3 aliphatic rings. The summed E-state index contributed by atoms with van der Waals surface area (Å²) in [5.41, 5.74) is 0. The van der Waals surface area contributed by atoms with Gasteiger partial charge >= 0.3 is 0 Å². The third-order valence-corrected chi connectivity index (χ3v) is 4.95. The quantitative estimate of drug-likeness (QED) is 0.679. The Morgan fingerprint density at radius 1 is 0.706 bits per heavy atom. The molecule has 17 heavy (non-hydrogen) atoms. The molecule has 3 heterocycles. The highest BCUT2D eigenvalue weighted by atomic mass is 15.3. The zero-order valence-electron chi connectivity index (χ0n) is 11.3. The van der Waals surface area contributed by atoms with Crippen LogP contribution < -0.4 is 0 Å². The minimum absolute atomic E-state index is 0.842. The van der Waals surface area contributed by atoms with Crippen LogP contribution in [0.1, 0.15) is 32.1 Å². The smallest absolute Gasteiger partial charge is 0.0224 e. The molecule has 3 nitrogen and oxygen atoms in total. The van der Waals surface area contributed by atoms with Crippen LogP contribution in [0.2, 0.25) is 0 Å². The van der Waals surface area contributed by atoms with Gasteiger partial charge < -0.3 is 4.90 Å². The summed E-state index contributed by atoms with van der Waals surface area (Å²) in [5.74, 6) is 0. The second-order valence-corrected chi connectivity index (χ2v) is 6.24. The van der Waals surface area contributed by atoms with Gasteiger partial charge in [-0.2, -0.15) is 0 Å². The van der Waals surface area contributed by atoms with Gasteiger partial charge in [-0.1, -0.05) is 0 Å². The third kappa shape index (κ3) is 2.67. The normalized spacial score (nSPS) is 37.9. The Bertz CT molecular complexity index is 256. The largest absolute Gasteiger partial charge is 0.305 e. The molecule has 3 aliphatic heterocycles.